The van der Waals surface area contributed by atoms with Gasteiger partial charge in [-0.15, -0.1) is 11.8 Å². The molecule has 8 heteroatoms. The van der Waals surface area contributed by atoms with Crippen LogP contribution in [0.1, 0.15) is 32.1 Å². The Hall–Kier alpha value is -2.84. The number of fused-ring (bicyclic) bond motifs is 1. The Morgan fingerprint density at radius 1 is 1.03 bits per heavy atom. The number of aromatic hydroxyl groups is 1. The van der Waals surface area contributed by atoms with E-state index in [4.69, 9.17) is 0 Å². The third-order valence-electron chi connectivity index (χ3n) is 5.76. The summed E-state index contributed by atoms with van der Waals surface area (Å²) in [6.45, 7) is 3.46. The molecule has 3 aromatic carbocycles. The molecule has 0 radical (unpaired) electrons. The summed E-state index contributed by atoms with van der Waals surface area (Å²) in [5, 5.41) is 24.7. The van der Waals surface area contributed by atoms with E-state index < -0.39 is 10.0 Å². The summed E-state index contributed by atoms with van der Waals surface area (Å²) in [5.74, 6) is 0.197. The highest BCUT2D eigenvalue weighted by Crippen LogP contribution is 2.40. The first-order valence-corrected chi connectivity index (χ1v) is 13.4. The number of benzene rings is 3. The number of phenols is 1. The molecule has 0 heterocycles. The molecule has 6 nitrogen and oxygen atoms in total. The monoisotopic (exact) mass is 484 g/mol. The van der Waals surface area contributed by atoms with Gasteiger partial charge >= 0.3 is 0 Å². The quantitative estimate of drug-likeness (QED) is 0.171. The smallest absolute Gasteiger partial charge is 0.261 e. The number of hydrogen-bond acceptors (Lipinski definition) is 6. The van der Waals surface area contributed by atoms with Crippen LogP contribution in [0.4, 0.5) is 11.4 Å². The fourth-order valence-electron chi connectivity index (χ4n) is 4.11. The summed E-state index contributed by atoms with van der Waals surface area (Å²) in [4.78, 5) is 0.611. The molecule has 4 rings (SSSR count). The molecule has 1 aliphatic carbocycles. The van der Waals surface area contributed by atoms with Crippen LogP contribution in [0.15, 0.2) is 76.7 Å². The average molecular weight is 485 g/mol. The fraction of sp³-hybridized carbons (Fsp3) is 0.280. The Morgan fingerprint density at radius 3 is 2.36 bits per heavy atom. The van der Waals surface area contributed by atoms with Crippen molar-refractivity contribution in [2.24, 2.45) is 0 Å². The first kappa shape index (κ1) is 23.3. The molecule has 0 spiro atoms. The van der Waals surface area contributed by atoms with Gasteiger partial charge in [0, 0.05) is 22.5 Å². The van der Waals surface area contributed by atoms with Gasteiger partial charge in [-0.1, -0.05) is 50.1 Å². The SMILES string of the molecule is C=C(O)CSc1cc(NS(=O)(=O)c2ccc(NC3CCCCC3)cc2)c2ccccc2c1O. The predicted molar refractivity (Wildman–Crippen MR) is 136 cm³/mol. The van der Waals surface area contributed by atoms with Crippen molar-refractivity contribution in [1.82, 2.24) is 0 Å². The molecule has 0 saturated heterocycles. The van der Waals surface area contributed by atoms with E-state index in [1.807, 2.05) is 0 Å². The number of sulfonamides is 1. The van der Waals surface area contributed by atoms with Crippen molar-refractivity contribution in [1.29, 1.82) is 0 Å². The maximum absolute atomic E-state index is 13.2. The second kappa shape index (κ2) is 9.97. The molecule has 4 N–H and O–H groups in total. The predicted octanol–water partition coefficient (Wildman–Crippen LogP) is 6.25. The number of thioether (sulfide) groups is 1. The third-order valence-corrected chi connectivity index (χ3v) is 8.24. The van der Waals surface area contributed by atoms with E-state index in [2.05, 4.69) is 16.6 Å². The molecule has 1 fully saturated rings. The van der Waals surface area contributed by atoms with Crippen LogP contribution in [0.2, 0.25) is 0 Å². The van der Waals surface area contributed by atoms with Gasteiger partial charge in [0.05, 0.1) is 27.0 Å². The summed E-state index contributed by atoms with van der Waals surface area (Å²) >= 11 is 1.18. The Kier molecular flexibility index (Phi) is 7.05. The first-order chi connectivity index (χ1) is 15.8. The molecule has 0 amide bonds. The Morgan fingerprint density at radius 2 is 1.70 bits per heavy atom. The number of nitrogens with one attached hydrogen (secondary N) is 2. The van der Waals surface area contributed by atoms with E-state index in [9.17, 15) is 18.6 Å². The molecular formula is C25H28N2O4S2. The van der Waals surface area contributed by atoms with Crippen molar-refractivity contribution >= 4 is 43.9 Å². The van der Waals surface area contributed by atoms with Crippen LogP contribution in [0.25, 0.3) is 10.8 Å². The summed E-state index contributed by atoms with van der Waals surface area (Å²) < 4.78 is 29.0. The topological polar surface area (TPSA) is 98.7 Å². The van der Waals surface area contributed by atoms with Crippen molar-refractivity contribution < 1.29 is 18.6 Å². The van der Waals surface area contributed by atoms with E-state index in [0.29, 0.717) is 27.4 Å². The molecule has 0 bridgehead atoms. The molecule has 0 aliphatic heterocycles. The van der Waals surface area contributed by atoms with E-state index >= 15 is 0 Å². The van der Waals surface area contributed by atoms with Gasteiger partial charge in [0.1, 0.15) is 5.75 Å². The number of rotatable bonds is 8. The lowest BCUT2D eigenvalue weighted by molar-refractivity contribution is 0.420. The van der Waals surface area contributed by atoms with Gasteiger partial charge in [0.15, 0.2) is 0 Å². The van der Waals surface area contributed by atoms with Gasteiger partial charge in [0.2, 0.25) is 0 Å². The number of anilines is 2. The van der Waals surface area contributed by atoms with Crippen LogP contribution < -0.4 is 10.0 Å². The minimum absolute atomic E-state index is 0.0309. The number of hydrogen-bond donors (Lipinski definition) is 4. The number of aliphatic hydroxyl groups excluding tert-OH is 1. The maximum atomic E-state index is 13.2. The Bertz CT molecular complexity index is 1250. The number of aliphatic hydroxyl groups is 1. The lowest BCUT2D eigenvalue weighted by Crippen LogP contribution is -2.22. The molecule has 1 saturated carbocycles. The van der Waals surface area contributed by atoms with Gasteiger partial charge in [0.25, 0.3) is 10.0 Å². The average Bonchev–Trinajstić information content (AvgIpc) is 2.81. The van der Waals surface area contributed by atoms with Crippen molar-refractivity contribution in [3.63, 3.8) is 0 Å². The molecule has 0 unspecified atom stereocenters. The molecule has 174 valence electrons. The lowest BCUT2D eigenvalue weighted by Gasteiger charge is -2.24. The molecule has 1 aliphatic rings. The highest BCUT2D eigenvalue weighted by molar-refractivity contribution is 7.99. The second-order valence-electron chi connectivity index (χ2n) is 8.28. The lowest BCUT2D eigenvalue weighted by atomic mass is 9.95. The summed E-state index contributed by atoms with van der Waals surface area (Å²) in [5.41, 5.74) is 1.28. The van der Waals surface area contributed by atoms with Crippen LogP contribution in [-0.4, -0.2) is 30.4 Å². The summed E-state index contributed by atoms with van der Waals surface area (Å²) in [6.07, 6.45) is 6.00. The largest absolute Gasteiger partial charge is 0.512 e. The van der Waals surface area contributed by atoms with Crippen molar-refractivity contribution in [2.45, 2.75) is 47.9 Å². The van der Waals surface area contributed by atoms with E-state index in [-0.39, 0.29) is 22.2 Å². The van der Waals surface area contributed by atoms with Gasteiger partial charge in [-0.2, -0.15) is 0 Å². The zero-order valence-electron chi connectivity index (χ0n) is 18.3. The number of phenolic OH excluding ortho intramolecular Hbond substituents is 1. The molecule has 33 heavy (non-hydrogen) atoms. The van der Waals surface area contributed by atoms with Gasteiger partial charge in [-0.3, -0.25) is 4.72 Å². The van der Waals surface area contributed by atoms with E-state index in [0.717, 1.165) is 18.5 Å². The van der Waals surface area contributed by atoms with Crippen LogP contribution in [0.5, 0.6) is 5.75 Å². The zero-order valence-corrected chi connectivity index (χ0v) is 19.9. The fourth-order valence-corrected chi connectivity index (χ4v) is 5.95. The van der Waals surface area contributed by atoms with Crippen molar-refractivity contribution in [2.75, 3.05) is 15.8 Å². The van der Waals surface area contributed by atoms with E-state index in [1.165, 1.54) is 31.0 Å². The molecule has 3 aromatic rings. The highest BCUT2D eigenvalue weighted by Gasteiger charge is 2.19. The second-order valence-corrected chi connectivity index (χ2v) is 11.0. The van der Waals surface area contributed by atoms with Gasteiger partial charge < -0.3 is 15.5 Å². The minimum Gasteiger partial charge on any atom is -0.512 e. The highest BCUT2D eigenvalue weighted by atomic mass is 32.2. The minimum atomic E-state index is -3.85. The summed E-state index contributed by atoms with van der Waals surface area (Å²) in [7, 11) is -3.85. The van der Waals surface area contributed by atoms with Crippen LogP contribution in [-0.2, 0) is 10.0 Å². The molecule has 0 atom stereocenters. The standard InChI is InChI=1S/C25H28N2O4S2/c1-17(28)16-32-24-15-23(21-9-5-6-10-22(21)25(24)29)27-33(30,31)20-13-11-19(12-14-20)26-18-7-3-2-4-8-18/h5-6,9-15,18,26-29H,1-4,7-8,16H2. The van der Waals surface area contributed by atoms with Crippen LogP contribution in [0.3, 0.4) is 0 Å². The van der Waals surface area contributed by atoms with Crippen LogP contribution >= 0.6 is 11.8 Å². The molecule has 0 aromatic heterocycles. The van der Waals surface area contributed by atoms with Crippen molar-refractivity contribution in [3.8, 4) is 5.75 Å². The zero-order chi connectivity index (χ0) is 23.4. The Balaban J connectivity index is 1.60. The van der Waals surface area contributed by atoms with Gasteiger partial charge in [-0.25, -0.2) is 8.42 Å². The van der Waals surface area contributed by atoms with E-state index in [1.54, 1.807) is 54.6 Å². The first-order valence-electron chi connectivity index (χ1n) is 11.0. The van der Waals surface area contributed by atoms with Crippen LogP contribution in [0, 0.1) is 0 Å². The summed E-state index contributed by atoms with van der Waals surface area (Å²) in [6, 6.07) is 15.9. The maximum Gasteiger partial charge on any atom is 0.261 e. The third kappa shape index (κ3) is 5.57. The van der Waals surface area contributed by atoms with Gasteiger partial charge in [-0.05, 0) is 43.2 Å². The normalized spacial score (nSPS) is 14.8. The Labute approximate surface area is 198 Å². The molecular weight excluding hydrogens is 456 g/mol. The van der Waals surface area contributed by atoms with Crippen molar-refractivity contribution in [3.05, 3.63) is 66.9 Å².